The van der Waals surface area contributed by atoms with Crippen molar-refractivity contribution >= 4 is 40.0 Å². The van der Waals surface area contributed by atoms with Gasteiger partial charge in [0.2, 0.25) is 5.91 Å². The number of fused-ring (bicyclic) bond motifs is 2. The summed E-state index contributed by atoms with van der Waals surface area (Å²) in [6, 6.07) is 20.5. The lowest BCUT2D eigenvalue weighted by Gasteiger charge is -2.25. The number of benzene rings is 3. The van der Waals surface area contributed by atoms with Crippen molar-refractivity contribution in [1.82, 2.24) is 9.88 Å². The first kappa shape index (κ1) is 19.4. The van der Waals surface area contributed by atoms with E-state index >= 15 is 0 Å². The van der Waals surface area contributed by atoms with Crippen molar-refractivity contribution in [3.05, 3.63) is 100 Å². The molecule has 2 heterocycles. The topological polar surface area (TPSA) is 65.2 Å². The van der Waals surface area contributed by atoms with Gasteiger partial charge in [0, 0.05) is 38.9 Å². The average molecular weight is 430 g/mol. The van der Waals surface area contributed by atoms with Crippen molar-refractivity contribution in [3.8, 4) is 0 Å². The van der Waals surface area contributed by atoms with Gasteiger partial charge in [0.1, 0.15) is 6.54 Å². The van der Waals surface area contributed by atoms with E-state index in [-0.39, 0.29) is 24.4 Å². The van der Waals surface area contributed by atoms with Crippen LogP contribution in [0.25, 0.3) is 10.9 Å². The number of carbonyl (C=O) groups excluding carboxylic acids is 2. The monoisotopic (exact) mass is 429 g/mol. The lowest BCUT2D eigenvalue weighted by atomic mass is 9.97. The minimum Gasteiger partial charge on any atom is -0.361 e. The zero-order valence-corrected chi connectivity index (χ0v) is 17.6. The molecule has 2 amide bonds. The van der Waals surface area contributed by atoms with Gasteiger partial charge in [-0.15, -0.1) is 0 Å². The largest absolute Gasteiger partial charge is 0.361 e. The zero-order chi connectivity index (χ0) is 21.5. The van der Waals surface area contributed by atoms with Gasteiger partial charge in [-0.1, -0.05) is 54.1 Å². The summed E-state index contributed by atoms with van der Waals surface area (Å²) < 4.78 is 0. The fourth-order valence-corrected chi connectivity index (χ4v) is 4.40. The van der Waals surface area contributed by atoms with E-state index in [9.17, 15) is 9.59 Å². The Balaban J connectivity index is 1.49. The summed E-state index contributed by atoms with van der Waals surface area (Å²) in [5.74, 6) is -0.422. The Morgan fingerprint density at radius 3 is 2.68 bits per heavy atom. The summed E-state index contributed by atoms with van der Waals surface area (Å²) in [7, 11) is 0. The molecule has 4 aromatic rings. The first-order valence-electron chi connectivity index (χ1n) is 10.0. The number of rotatable bonds is 4. The Morgan fingerprint density at radius 1 is 1.06 bits per heavy atom. The van der Waals surface area contributed by atoms with Gasteiger partial charge < -0.3 is 15.2 Å². The Morgan fingerprint density at radius 2 is 1.84 bits per heavy atom. The molecule has 1 aliphatic heterocycles. The Labute approximate surface area is 184 Å². The molecule has 0 aliphatic carbocycles. The molecule has 1 aromatic heterocycles. The summed E-state index contributed by atoms with van der Waals surface area (Å²) >= 11 is 6.18. The molecule has 0 saturated heterocycles. The van der Waals surface area contributed by atoms with Crippen LogP contribution in [-0.2, 0) is 4.79 Å². The summed E-state index contributed by atoms with van der Waals surface area (Å²) in [5.41, 5.74) is 5.04. The second-order valence-electron chi connectivity index (χ2n) is 7.72. The van der Waals surface area contributed by atoms with Crippen LogP contribution in [0.4, 0.5) is 5.69 Å². The number of hydrogen-bond donors (Lipinski definition) is 2. The average Bonchev–Trinajstić information content (AvgIpc) is 3.30. The van der Waals surface area contributed by atoms with Crippen LogP contribution in [0, 0.1) is 6.92 Å². The Bertz CT molecular complexity index is 1330. The fraction of sp³-hybridized carbons (Fsp3) is 0.120. The van der Waals surface area contributed by atoms with Gasteiger partial charge in [0.25, 0.3) is 5.91 Å². The lowest BCUT2D eigenvalue weighted by molar-refractivity contribution is -0.117. The third kappa shape index (κ3) is 3.37. The third-order valence-corrected chi connectivity index (χ3v) is 6.15. The number of para-hydroxylation sites is 1. The van der Waals surface area contributed by atoms with Crippen molar-refractivity contribution in [1.29, 1.82) is 0 Å². The highest BCUT2D eigenvalue weighted by atomic mass is 35.5. The molecule has 5 rings (SSSR count). The van der Waals surface area contributed by atoms with Crippen molar-refractivity contribution in [3.63, 3.8) is 0 Å². The van der Waals surface area contributed by atoms with E-state index in [1.807, 2.05) is 67.7 Å². The second-order valence-corrected chi connectivity index (χ2v) is 8.13. The third-order valence-electron chi connectivity index (χ3n) is 5.74. The molecule has 0 spiro atoms. The minimum absolute atomic E-state index is 0.0663. The summed E-state index contributed by atoms with van der Waals surface area (Å²) in [6.07, 6.45) is 1.93. The number of halogens is 1. The second kappa shape index (κ2) is 7.60. The molecular weight excluding hydrogens is 410 g/mol. The van der Waals surface area contributed by atoms with Crippen LogP contribution in [-0.4, -0.2) is 28.2 Å². The first-order valence-corrected chi connectivity index (χ1v) is 10.4. The van der Waals surface area contributed by atoms with E-state index in [1.165, 1.54) is 0 Å². The predicted octanol–water partition coefficient (Wildman–Crippen LogP) is 5.31. The van der Waals surface area contributed by atoms with Crippen LogP contribution in [0.5, 0.6) is 0 Å². The quantitative estimate of drug-likeness (QED) is 0.461. The molecule has 1 atom stereocenters. The van der Waals surface area contributed by atoms with Crippen LogP contribution in [0.3, 0.4) is 0 Å². The molecule has 31 heavy (non-hydrogen) atoms. The number of aromatic nitrogens is 1. The molecule has 3 aromatic carbocycles. The number of anilines is 1. The highest BCUT2D eigenvalue weighted by Crippen LogP contribution is 2.40. The summed E-state index contributed by atoms with van der Waals surface area (Å²) in [5, 5.41) is 4.48. The molecular formula is C25H20ClN3O2. The number of nitrogens with one attached hydrogen (secondary N) is 2. The van der Waals surface area contributed by atoms with Gasteiger partial charge in [-0.25, -0.2) is 0 Å². The van der Waals surface area contributed by atoms with Gasteiger partial charge in [-0.05, 0) is 42.3 Å². The van der Waals surface area contributed by atoms with Crippen LogP contribution >= 0.6 is 11.6 Å². The van der Waals surface area contributed by atoms with Gasteiger partial charge in [0.05, 0.1) is 6.04 Å². The summed E-state index contributed by atoms with van der Waals surface area (Å²) in [4.78, 5) is 31.0. The van der Waals surface area contributed by atoms with Crippen LogP contribution in [0.2, 0.25) is 5.02 Å². The molecule has 0 radical (unpaired) electrons. The number of hydrogen-bond acceptors (Lipinski definition) is 2. The van der Waals surface area contributed by atoms with E-state index in [4.69, 9.17) is 11.6 Å². The van der Waals surface area contributed by atoms with E-state index in [2.05, 4.69) is 10.3 Å². The van der Waals surface area contributed by atoms with Crippen molar-refractivity contribution in [2.45, 2.75) is 13.0 Å². The van der Waals surface area contributed by atoms with Crippen molar-refractivity contribution < 1.29 is 9.59 Å². The minimum atomic E-state index is -0.341. The molecule has 0 unspecified atom stereocenters. The maximum Gasteiger partial charge on any atom is 0.255 e. The number of amides is 2. The molecule has 0 bridgehead atoms. The number of H-pyrrole nitrogens is 1. The van der Waals surface area contributed by atoms with Gasteiger partial charge in [-0.2, -0.15) is 0 Å². The fourth-order valence-electron chi connectivity index (χ4n) is 4.21. The van der Waals surface area contributed by atoms with Crippen LogP contribution in [0.1, 0.15) is 33.1 Å². The van der Waals surface area contributed by atoms with Gasteiger partial charge >= 0.3 is 0 Å². The molecule has 154 valence electrons. The lowest BCUT2D eigenvalue weighted by Crippen LogP contribution is -2.36. The molecule has 6 heteroatoms. The van der Waals surface area contributed by atoms with E-state index < -0.39 is 0 Å². The van der Waals surface area contributed by atoms with Gasteiger partial charge in [0.15, 0.2) is 0 Å². The SMILES string of the molecule is Cc1ccc(NC(=O)CN2C(=O)c3ccccc3[C@@H]2c2c[nH]c3ccccc23)cc1Cl. The smallest absolute Gasteiger partial charge is 0.255 e. The molecule has 5 nitrogen and oxygen atoms in total. The Kier molecular flexibility index (Phi) is 4.75. The normalized spacial score (nSPS) is 15.4. The zero-order valence-electron chi connectivity index (χ0n) is 16.9. The number of nitrogens with zero attached hydrogens (tertiary/aromatic N) is 1. The number of aryl methyl sites for hydroxylation is 1. The van der Waals surface area contributed by atoms with Crippen molar-refractivity contribution in [2.75, 3.05) is 11.9 Å². The van der Waals surface area contributed by atoms with Crippen molar-refractivity contribution in [2.24, 2.45) is 0 Å². The Hall–Kier alpha value is -3.57. The van der Waals surface area contributed by atoms with E-state index in [0.29, 0.717) is 16.3 Å². The molecule has 2 N–H and O–H groups in total. The maximum absolute atomic E-state index is 13.2. The summed E-state index contributed by atoms with van der Waals surface area (Å²) in [6.45, 7) is 1.84. The van der Waals surface area contributed by atoms with E-state index in [1.54, 1.807) is 17.0 Å². The highest BCUT2D eigenvalue weighted by molar-refractivity contribution is 6.31. The van der Waals surface area contributed by atoms with Gasteiger partial charge in [-0.3, -0.25) is 9.59 Å². The molecule has 0 fully saturated rings. The molecule has 1 aliphatic rings. The molecule has 0 saturated carbocycles. The van der Waals surface area contributed by atoms with Crippen LogP contribution in [0.15, 0.2) is 72.9 Å². The highest BCUT2D eigenvalue weighted by Gasteiger charge is 2.39. The number of carbonyl (C=O) groups is 2. The van der Waals surface area contributed by atoms with E-state index in [0.717, 1.165) is 27.6 Å². The van der Waals surface area contributed by atoms with Crippen LogP contribution < -0.4 is 5.32 Å². The maximum atomic E-state index is 13.2. The number of aromatic amines is 1. The first-order chi connectivity index (χ1) is 15.0. The predicted molar refractivity (Wildman–Crippen MR) is 122 cm³/mol. The standard InChI is InChI=1S/C25H20ClN3O2/c1-15-10-11-16(12-21(15)26)28-23(30)14-29-24(18-7-2-3-8-19(18)25(29)31)20-13-27-22-9-5-4-6-17(20)22/h2-13,24,27H,14H2,1H3,(H,28,30)/t24-/m1/s1.